The lowest BCUT2D eigenvalue weighted by atomic mass is 10.1. The molecule has 0 spiro atoms. The second-order valence-electron chi connectivity index (χ2n) is 15.1. The van der Waals surface area contributed by atoms with Crippen LogP contribution in [-0.2, 0) is 0 Å². The van der Waals surface area contributed by atoms with Crippen molar-refractivity contribution in [3.05, 3.63) is 200 Å². The average Bonchev–Trinajstić information content (AvgIpc) is 4.02. The largest absolute Gasteiger partial charge is 0.309 e. The van der Waals surface area contributed by atoms with E-state index in [9.17, 15) is 0 Å². The first kappa shape index (κ1) is 33.3. The molecule has 8 aromatic carbocycles. The molecule has 4 heterocycles. The average molecular weight is 756 g/mol. The summed E-state index contributed by atoms with van der Waals surface area (Å²) in [6.07, 6.45) is 8.35. The summed E-state index contributed by atoms with van der Waals surface area (Å²) >= 11 is 0. The Morgan fingerprint density at radius 1 is 0.407 bits per heavy atom. The Labute approximate surface area is 339 Å². The zero-order valence-corrected chi connectivity index (χ0v) is 32.4. The van der Waals surface area contributed by atoms with E-state index in [0.717, 1.165) is 50.3 Å². The normalized spacial score (nSPS) is 12.8. The van der Waals surface area contributed by atoms with Gasteiger partial charge in [0.2, 0.25) is 0 Å². The van der Waals surface area contributed by atoms with Crippen LogP contribution in [0.15, 0.2) is 205 Å². The summed E-state index contributed by atoms with van der Waals surface area (Å²) in [7, 11) is 0. The van der Waals surface area contributed by atoms with Gasteiger partial charge in [0.15, 0.2) is 0 Å². The van der Waals surface area contributed by atoms with Crippen molar-refractivity contribution in [3.8, 4) is 11.4 Å². The smallest absolute Gasteiger partial charge is 0.139 e. The molecule has 4 aromatic heterocycles. The minimum Gasteiger partial charge on any atom is -0.309 e. The van der Waals surface area contributed by atoms with E-state index >= 15 is 0 Å². The number of para-hydroxylation sites is 6. The summed E-state index contributed by atoms with van der Waals surface area (Å²) in [4.78, 5) is 5.55. The number of hydrogen-bond donors (Lipinski definition) is 0. The molecule has 0 N–H and O–H groups in total. The molecule has 0 atom stereocenters. The molecular formula is C54H37N5. The number of rotatable bonds is 6. The maximum absolute atomic E-state index is 5.55. The number of hydrogen-bond acceptors (Lipinski definition) is 1. The number of nitrogens with zero attached hydrogens (tertiary/aromatic N) is 5. The number of allylic oxidation sites excluding steroid dienone is 3. The molecule has 0 fully saturated rings. The van der Waals surface area contributed by atoms with Crippen LogP contribution in [0.5, 0.6) is 0 Å². The molecule has 5 heteroatoms. The van der Waals surface area contributed by atoms with Gasteiger partial charge in [-0.3, -0.25) is 9.13 Å². The third-order valence-electron chi connectivity index (χ3n) is 12.0. The van der Waals surface area contributed by atoms with E-state index in [1.807, 2.05) is 6.34 Å². The zero-order chi connectivity index (χ0) is 39.0. The molecule has 0 amide bonds. The Morgan fingerprint density at radius 3 is 1.44 bits per heavy atom. The maximum atomic E-state index is 5.55. The minimum absolute atomic E-state index is 0.822. The van der Waals surface area contributed by atoms with Gasteiger partial charge >= 0.3 is 0 Å². The maximum Gasteiger partial charge on any atom is 0.139 e. The van der Waals surface area contributed by atoms with Gasteiger partial charge in [0.1, 0.15) is 12.2 Å². The highest BCUT2D eigenvalue weighted by molar-refractivity contribution is 6.28. The van der Waals surface area contributed by atoms with Crippen molar-refractivity contribution in [2.45, 2.75) is 6.92 Å². The molecule has 0 bridgehead atoms. The minimum atomic E-state index is 0.822. The highest BCUT2D eigenvalue weighted by atomic mass is 15.1. The van der Waals surface area contributed by atoms with E-state index in [-0.39, 0.29) is 0 Å². The van der Waals surface area contributed by atoms with Crippen LogP contribution in [0.25, 0.3) is 104 Å². The van der Waals surface area contributed by atoms with Gasteiger partial charge in [-0.25, -0.2) is 4.99 Å². The third-order valence-corrected chi connectivity index (χ3v) is 12.0. The Kier molecular flexibility index (Phi) is 7.38. The van der Waals surface area contributed by atoms with Gasteiger partial charge in [0.05, 0.1) is 44.1 Å². The van der Waals surface area contributed by atoms with E-state index in [4.69, 9.17) is 4.99 Å². The zero-order valence-electron chi connectivity index (χ0n) is 32.4. The lowest BCUT2D eigenvalue weighted by molar-refractivity contribution is 1.16. The SMILES string of the molecule is C/C=C\C=C(/N=Cn1c2ccccc2c2ccc3c(c4ccccc4n3-c3ccccc3)c21)n1c2ccccc2c2ccc3c(c4ccccc4n3-c3ccccc3)c21. The third kappa shape index (κ3) is 4.82. The topological polar surface area (TPSA) is 32.1 Å². The molecule has 0 aliphatic heterocycles. The second kappa shape index (κ2) is 13.1. The Bertz CT molecular complexity index is 3720. The second-order valence-corrected chi connectivity index (χ2v) is 15.1. The van der Waals surface area contributed by atoms with Gasteiger partial charge in [-0.15, -0.1) is 0 Å². The predicted octanol–water partition coefficient (Wildman–Crippen LogP) is 14.0. The quantitative estimate of drug-likeness (QED) is 0.0920. The number of aliphatic imine (C=N–C) groups is 1. The molecule has 0 aliphatic carbocycles. The van der Waals surface area contributed by atoms with Crippen LogP contribution in [0.1, 0.15) is 6.92 Å². The molecule has 0 unspecified atom stereocenters. The van der Waals surface area contributed by atoms with E-state index in [1.54, 1.807) is 0 Å². The molecule has 278 valence electrons. The van der Waals surface area contributed by atoms with Gasteiger partial charge in [-0.05, 0) is 73.7 Å². The first-order valence-corrected chi connectivity index (χ1v) is 20.2. The number of benzene rings is 8. The van der Waals surface area contributed by atoms with Crippen molar-refractivity contribution in [2.75, 3.05) is 0 Å². The first-order chi connectivity index (χ1) is 29.3. The molecular weight excluding hydrogens is 719 g/mol. The van der Waals surface area contributed by atoms with Crippen LogP contribution >= 0.6 is 0 Å². The Hall–Kier alpha value is -7.89. The van der Waals surface area contributed by atoms with Crippen molar-refractivity contribution in [1.82, 2.24) is 18.3 Å². The van der Waals surface area contributed by atoms with Gasteiger partial charge in [-0.2, -0.15) is 0 Å². The molecule has 0 saturated carbocycles. The monoisotopic (exact) mass is 755 g/mol. The van der Waals surface area contributed by atoms with Crippen molar-refractivity contribution < 1.29 is 0 Å². The molecule has 5 nitrogen and oxygen atoms in total. The standard InChI is InChI=1S/C54H37N5/c1-2-3-30-50(59-45-27-15-11-23-39(45)41-32-34-49-52(54(41)59)43-25-13-17-29-47(43)58(49)37-20-8-5-9-21-37)55-35-56-44-26-14-10-22-38(44)40-31-33-48-51(53(40)56)42-24-12-16-28-46(42)57(48)36-18-6-4-7-19-36/h2-35H,1H3/b3-2-,50-30+,55-35?. The number of aromatic nitrogens is 4. The van der Waals surface area contributed by atoms with Crippen LogP contribution in [-0.4, -0.2) is 24.6 Å². The van der Waals surface area contributed by atoms with Gasteiger partial charge in [0.25, 0.3) is 0 Å². The van der Waals surface area contributed by atoms with Crippen LogP contribution in [0.3, 0.4) is 0 Å². The lowest BCUT2D eigenvalue weighted by Gasteiger charge is -2.11. The van der Waals surface area contributed by atoms with Crippen LogP contribution in [0.2, 0.25) is 0 Å². The van der Waals surface area contributed by atoms with E-state index < -0.39 is 0 Å². The van der Waals surface area contributed by atoms with E-state index in [0.29, 0.717) is 0 Å². The van der Waals surface area contributed by atoms with Crippen LogP contribution < -0.4 is 0 Å². The highest BCUT2D eigenvalue weighted by Gasteiger charge is 2.23. The summed E-state index contributed by atoms with van der Waals surface area (Å²) in [5, 5.41) is 9.59. The summed E-state index contributed by atoms with van der Waals surface area (Å²) in [6, 6.07) is 65.4. The van der Waals surface area contributed by atoms with E-state index in [2.05, 4.69) is 225 Å². The fraction of sp³-hybridized carbons (Fsp3) is 0.0185. The molecule has 59 heavy (non-hydrogen) atoms. The van der Waals surface area contributed by atoms with Crippen molar-refractivity contribution in [1.29, 1.82) is 0 Å². The van der Waals surface area contributed by atoms with Crippen molar-refractivity contribution >= 4 is 99.4 Å². The Morgan fingerprint density at radius 2 is 0.864 bits per heavy atom. The molecule has 0 aliphatic rings. The van der Waals surface area contributed by atoms with Crippen molar-refractivity contribution in [3.63, 3.8) is 0 Å². The molecule has 12 aromatic rings. The summed E-state index contributed by atoms with van der Waals surface area (Å²) in [6.45, 7) is 2.06. The van der Waals surface area contributed by atoms with Crippen molar-refractivity contribution in [2.24, 2.45) is 4.99 Å². The molecule has 0 saturated heterocycles. The van der Waals surface area contributed by atoms with Crippen LogP contribution in [0.4, 0.5) is 0 Å². The fourth-order valence-corrected chi connectivity index (χ4v) is 9.59. The van der Waals surface area contributed by atoms with E-state index in [1.165, 1.54) is 54.1 Å². The summed E-state index contributed by atoms with van der Waals surface area (Å²) in [5.41, 5.74) is 11.4. The first-order valence-electron chi connectivity index (χ1n) is 20.2. The Balaban J connectivity index is 1.18. The summed E-state index contributed by atoms with van der Waals surface area (Å²) < 4.78 is 9.45. The fourth-order valence-electron chi connectivity index (χ4n) is 9.59. The number of fused-ring (bicyclic) bond motifs is 14. The molecule has 0 radical (unpaired) electrons. The van der Waals surface area contributed by atoms with Gasteiger partial charge in [0, 0.05) is 54.5 Å². The lowest BCUT2D eigenvalue weighted by Crippen LogP contribution is -2.00. The molecule has 12 rings (SSSR count). The highest BCUT2D eigenvalue weighted by Crippen LogP contribution is 2.43. The van der Waals surface area contributed by atoms with Gasteiger partial charge in [-0.1, -0.05) is 133 Å². The summed E-state index contributed by atoms with van der Waals surface area (Å²) in [5.74, 6) is 0.822. The predicted molar refractivity (Wildman–Crippen MR) is 251 cm³/mol. The van der Waals surface area contributed by atoms with Gasteiger partial charge < -0.3 is 9.13 Å². The van der Waals surface area contributed by atoms with Crippen LogP contribution in [0, 0.1) is 0 Å².